The van der Waals surface area contributed by atoms with Crippen LogP contribution in [0.1, 0.15) is 27.2 Å². The lowest BCUT2D eigenvalue weighted by Gasteiger charge is -2.25. The van der Waals surface area contributed by atoms with Crippen LogP contribution in [0, 0.1) is 5.92 Å². The summed E-state index contributed by atoms with van der Waals surface area (Å²) in [6.45, 7) is 9.27. The number of nitrogens with zero attached hydrogens (tertiary/aromatic N) is 2. The van der Waals surface area contributed by atoms with Crippen LogP contribution in [-0.4, -0.2) is 65.7 Å². The average Bonchev–Trinajstić information content (AvgIpc) is 2.80. The number of carboxylic acid groups (broad SMARTS) is 1. The standard InChI is InChI=1S/C13H25N3O3/c1-4-15-6-5-11(8-15)7-14-13(19)16(10(2)3)9-12(17)18/h10-11H,4-9H2,1-3H3,(H,14,19)(H,17,18). The van der Waals surface area contributed by atoms with Gasteiger partial charge in [0.05, 0.1) is 0 Å². The molecule has 0 saturated carbocycles. The summed E-state index contributed by atoms with van der Waals surface area (Å²) >= 11 is 0. The second-order valence-corrected chi connectivity index (χ2v) is 5.35. The fraction of sp³-hybridized carbons (Fsp3) is 0.846. The summed E-state index contributed by atoms with van der Waals surface area (Å²) < 4.78 is 0. The van der Waals surface area contributed by atoms with Crippen LogP contribution < -0.4 is 5.32 Å². The number of carboxylic acids is 1. The fourth-order valence-electron chi connectivity index (χ4n) is 2.33. The van der Waals surface area contributed by atoms with Gasteiger partial charge < -0.3 is 20.2 Å². The molecule has 1 fully saturated rings. The molecule has 0 aromatic carbocycles. The van der Waals surface area contributed by atoms with Crippen molar-refractivity contribution < 1.29 is 14.7 Å². The monoisotopic (exact) mass is 271 g/mol. The number of carbonyl (C=O) groups is 2. The minimum atomic E-state index is -0.984. The van der Waals surface area contributed by atoms with Gasteiger partial charge in [0.1, 0.15) is 6.54 Å². The third-order valence-corrected chi connectivity index (χ3v) is 3.55. The van der Waals surface area contributed by atoms with E-state index in [0.29, 0.717) is 12.5 Å². The van der Waals surface area contributed by atoms with E-state index in [4.69, 9.17) is 5.11 Å². The highest BCUT2D eigenvalue weighted by atomic mass is 16.4. The number of aliphatic carboxylic acids is 1. The normalized spacial score (nSPS) is 19.7. The van der Waals surface area contributed by atoms with Gasteiger partial charge in [-0.1, -0.05) is 6.92 Å². The second-order valence-electron chi connectivity index (χ2n) is 5.35. The molecule has 0 aromatic rings. The number of urea groups is 1. The number of likely N-dealkylation sites (tertiary alicyclic amines) is 1. The molecule has 1 rings (SSSR count). The third-order valence-electron chi connectivity index (χ3n) is 3.55. The third kappa shape index (κ3) is 5.06. The van der Waals surface area contributed by atoms with Crippen LogP contribution in [0.4, 0.5) is 4.79 Å². The van der Waals surface area contributed by atoms with Crippen LogP contribution in [0.3, 0.4) is 0 Å². The minimum absolute atomic E-state index is 0.119. The van der Waals surface area contributed by atoms with Crippen molar-refractivity contribution in [3.63, 3.8) is 0 Å². The van der Waals surface area contributed by atoms with Crippen molar-refractivity contribution in [3.8, 4) is 0 Å². The van der Waals surface area contributed by atoms with E-state index in [1.165, 1.54) is 4.90 Å². The smallest absolute Gasteiger partial charge is 0.323 e. The van der Waals surface area contributed by atoms with E-state index < -0.39 is 5.97 Å². The maximum absolute atomic E-state index is 12.0. The Labute approximate surface area is 114 Å². The van der Waals surface area contributed by atoms with Crippen molar-refractivity contribution in [2.45, 2.75) is 33.2 Å². The van der Waals surface area contributed by atoms with E-state index >= 15 is 0 Å². The van der Waals surface area contributed by atoms with E-state index in [1.807, 2.05) is 13.8 Å². The lowest BCUT2D eigenvalue weighted by Crippen LogP contribution is -2.47. The first-order valence-corrected chi connectivity index (χ1v) is 6.92. The Morgan fingerprint density at radius 3 is 2.63 bits per heavy atom. The Kier molecular flexibility index (Phi) is 6.08. The van der Waals surface area contributed by atoms with Crippen LogP contribution >= 0.6 is 0 Å². The summed E-state index contributed by atoms with van der Waals surface area (Å²) in [5, 5.41) is 11.7. The van der Waals surface area contributed by atoms with Gasteiger partial charge in [-0.05, 0) is 39.3 Å². The van der Waals surface area contributed by atoms with Gasteiger partial charge in [-0.2, -0.15) is 0 Å². The van der Waals surface area contributed by atoms with Crippen molar-refractivity contribution in [1.29, 1.82) is 0 Å². The molecule has 6 nitrogen and oxygen atoms in total. The summed E-state index contributed by atoms with van der Waals surface area (Å²) in [6, 6.07) is -0.404. The number of hydrogen-bond donors (Lipinski definition) is 2. The zero-order chi connectivity index (χ0) is 14.4. The molecule has 0 aromatic heterocycles. The molecule has 1 saturated heterocycles. The van der Waals surface area contributed by atoms with E-state index in [9.17, 15) is 9.59 Å². The van der Waals surface area contributed by atoms with Gasteiger partial charge in [-0.3, -0.25) is 4.79 Å². The zero-order valence-corrected chi connectivity index (χ0v) is 12.1. The van der Waals surface area contributed by atoms with Gasteiger partial charge in [0.2, 0.25) is 0 Å². The van der Waals surface area contributed by atoms with Crippen LogP contribution in [-0.2, 0) is 4.79 Å². The largest absolute Gasteiger partial charge is 0.480 e. The molecular weight excluding hydrogens is 246 g/mol. The summed E-state index contributed by atoms with van der Waals surface area (Å²) in [5.74, 6) is -0.510. The van der Waals surface area contributed by atoms with E-state index in [0.717, 1.165) is 26.1 Å². The Hall–Kier alpha value is -1.30. The quantitative estimate of drug-likeness (QED) is 0.750. The van der Waals surface area contributed by atoms with Crippen molar-refractivity contribution in [3.05, 3.63) is 0 Å². The molecule has 1 unspecified atom stereocenters. The lowest BCUT2D eigenvalue weighted by molar-refractivity contribution is -0.138. The first-order valence-electron chi connectivity index (χ1n) is 6.92. The molecule has 0 radical (unpaired) electrons. The number of amides is 2. The molecule has 110 valence electrons. The summed E-state index contributed by atoms with van der Waals surface area (Å²) in [7, 11) is 0. The number of rotatable bonds is 6. The van der Waals surface area contributed by atoms with Crippen molar-refractivity contribution in [2.24, 2.45) is 5.92 Å². The van der Waals surface area contributed by atoms with Gasteiger partial charge in [-0.15, -0.1) is 0 Å². The molecule has 1 heterocycles. The lowest BCUT2D eigenvalue weighted by atomic mass is 10.1. The van der Waals surface area contributed by atoms with Crippen LogP contribution in [0.5, 0.6) is 0 Å². The summed E-state index contributed by atoms with van der Waals surface area (Å²) in [4.78, 5) is 26.4. The molecule has 2 amide bonds. The maximum Gasteiger partial charge on any atom is 0.323 e. The Morgan fingerprint density at radius 2 is 2.16 bits per heavy atom. The van der Waals surface area contributed by atoms with Crippen LogP contribution in [0.15, 0.2) is 0 Å². The molecule has 0 aliphatic carbocycles. The highest BCUT2D eigenvalue weighted by Crippen LogP contribution is 2.14. The summed E-state index contributed by atoms with van der Waals surface area (Å²) in [6.07, 6.45) is 1.09. The van der Waals surface area contributed by atoms with E-state index in [-0.39, 0.29) is 18.6 Å². The molecule has 1 atom stereocenters. The maximum atomic E-state index is 12.0. The number of nitrogens with one attached hydrogen (secondary N) is 1. The fourth-order valence-corrected chi connectivity index (χ4v) is 2.33. The van der Waals surface area contributed by atoms with Crippen molar-refractivity contribution in [1.82, 2.24) is 15.1 Å². The topological polar surface area (TPSA) is 72.9 Å². The second kappa shape index (κ2) is 7.33. The molecule has 6 heteroatoms. The Balaban J connectivity index is 2.38. The molecule has 2 N–H and O–H groups in total. The first kappa shape index (κ1) is 15.8. The van der Waals surface area contributed by atoms with Gasteiger partial charge in [0, 0.05) is 19.1 Å². The number of carbonyl (C=O) groups excluding carboxylic acids is 1. The van der Waals surface area contributed by atoms with Crippen molar-refractivity contribution in [2.75, 3.05) is 32.7 Å². The molecule has 0 bridgehead atoms. The van der Waals surface area contributed by atoms with Gasteiger partial charge >= 0.3 is 12.0 Å². The highest BCUT2D eigenvalue weighted by molar-refractivity contribution is 5.80. The first-order chi connectivity index (χ1) is 8.93. The van der Waals surface area contributed by atoms with Gasteiger partial charge in [0.15, 0.2) is 0 Å². The SMILES string of the molecule is CCN1CCC(CNC(=O)N(CC(=O)O)C(C)C)C1. The predicted molar refractivity (Wildman–Crippen MR) is 73.1 cm³/mol. The molecule has 19 heavy (non-hydrogen) atoms. The van der Waals surface area contributed by atoms with E-state index in [1.54, 1.807) is 0 Å². The van der Waals surface area contributed by atoms with Crippen LogP contribution in [0.25, 0.3) is 0 Å². The molecule has 1 aliphatic heterocycles. The Bertz CT molecular complexity index is 320. The molecular formula is C13H25N3O3. The minimum Gasteiger partial charge on any atom is -0.480 e. The van der Waals surface area contributed by atoms with Crippen LogP contribution in [0.2, 0.25) is 0 Å². The average molecular weight is 271 g/mol. The summed E-state index contributed by atoms with van der Waals surface area (Å²) in [5.41, 5.74) is 0. The Morgan fingerprint density at radius 1 is 1.47 bits per heavy atom. The van der Waals surface area contributed by atoms with E-state index in [2.05, 4.69) is 17.1 Å². The highest BCUT2D eigenvalue weighted by Gasteiger charge is 2.24. The molecule has 1 aliphatic rings. The molecule has 0 spiro atoms. The van der Waals surface area contributed by atoms with Crippen molar-refractivity contribution >= 4 is 12.0 Å². The zero-order valence-electron chi connectivity index (χ0n) is 12.1. The number of hydrogen-bond acceptors (Lipinski definition) is 3. The van der Waals surface area contributed by atoms with Gasteiger partial charge in [0.25, 0.3) is 0 Å². The van der Waals surface area contributed by atoms with Gasteiger partial charge in [-0.25, -0.2) is 4.79 Å². The predicted octanol–water partition coefficient (Wildman–Crippen LogP) is 0.833.